The monoisotopic (exact) mass is 338 g/mol. The van der Waals surface area contributed by atoms with Gasteiger partial charge < -0.3 is 13.9 Å². The summed E-state index contributed by atoms with van der Waals surface area (Å²) in [5.74, 6) is 1.29. The van der Waals surface area contributed by atoms with E-state index in [2.05, 4.69) is 9.88 Å². The van der Waals surface area contributed by atoms with Crippen LogP contribution in [0.3, 0.4) is 0 Å². The second-order valence-corrected chi connectivity index (χ2v) is 6.54. The number of aliphatic hydroxyl groups is 1. The Morgan fingerprint density at radius 3 is 2.84 bits per heavy atom. The quantitative estimate of drug-likeness (QED) is 0.735. The lowest BCUT2D eigenvalue weighted by molar-refractivity contribution is 0.0991. The minimum atomic E-state index is -0.558. The van der Waals surface area contributed by atoms with Crippen molar-refractivity contribution < 1.29 is 13.9 Å². The molecule has 0 radical (unpaired) electrons. The maximum atomic E-state index is 10.4. The maximum absolute atomic E-state index is 10.4. The Labute approximate surface area is 146 Å². The molecule has 0 spiro atoms. The first-order chi connectivity index (χ1) is 12.3. The van der Waals surface area contributed by atoms with Crippen molar-refractivity contribution in [1.82, 2.24) is 9.88 Å². The van der Waals surface area contributed by atoms with Gasteiger partial charge in [-0.1, -0.05) is 18.2 Å². The number of hydrogen-bond acceptors (Lipinski definition) is 5. The average molecular weight is 338 g/mol. The SMILES string of the molecule is OC(CC1CCCN1Cc1coc(-c2ccccc2)n1)c1ccco1. The highest BCUT2D eigenvalue weighted by Crippen LogP contribution is 2.29. The average Bonchev–Trinajstić information content (AvgIpc) is 3.38. The predicted octanol–water partition coefficient (Wildman–Crippen LogP) is 4.02. The number of aliphatic hydroxyl groups excluding tert-OH is 1. The molecule has 1 aliphatic heterocycles. The molecule has 1 aromatic carbocycles. The first-order valence-electron chi connectivity index (χ1n) is 8.75. The van der Waals surface area contributed by atoms with Gasteiger partial charge in [-0.2, -0.15) is 0 Å². The molecule has 1 fully saturated rings. The molecule has 25 heavy (non-hydrogen) atoms. The van der Waals surface area contributed by atoms with Crippen molar-refractivity contribution in [2.45, 2.75) is 38.0 Å². The van der Waals surface area contributed by atoms with E-state index < -0.39 is 6.10 Å². The zero-order valence-corrected chi connectivity index (χ0v) is 14.0. The van der Waals surface area contributed by atoms with Crippen molar-refractivity contribution in [3.8, 4) is 11.5 Å². The van der Waals surface area contributed by atoms with Gasteiger partial charge in [-0.05, 0) is 50.1 Å². The summed E-state index contributed by atoms with van der Waals surface area (Å²) in [6.45, 7) is 1.76. The zero-order chi connectivity index (χ0) is 17.1. The highest BCUT2D eigenvalue weighted by Gasteiger charge is 2.28. The third-order valence-corrected chi connectivity index (χ3v) is 4.80. The molecule has 4 rings (SSSR count). The van der Waals surface area contributed by atoms with E-state index in [9.17, 15) is 5.11 Å². The van der Waals surface area contributed by atoms with Gasteiger partial charge in [0.1, 0.15) is 18.1 Å². The van der Waals surface area contributed by atoms with Gasteiger partial charge in [-0.15, -0.1) is 0 Å². The molecular formula is C20H22N2O3. The number of nitrogens with zero attached hydrogens (tertiary/aromatic N) is 2. The molecule has 1 aliphatic rings. The van der Waals surface area contributed by atoms with Crippen molar-refractivity contribution in [2.75, 3.05) is 6.54 Å². The number of furan rings is 1. The van der Waals surface area contributed by atoms with Crippen molar-refractivity contribution in [3.05, 3.63) is 66.4 Å². The molecule has 0 aliphatic carbocycles. The van der Waals surface area contributed by atoms with Crippen LogP contribution in [0, 0.1) is 0 Å². The first kappa shape index (κ1) is 16.1. The molecule has 1 N–H and O–H groups in total. The van der Waals surface area contributed by atoms with Crippen molar-refractivity contribution in [3.63, 3.8) is 0 Å². The van der Waals surface area contributed by atoms with Crippen LogP contribution in [0.15, 0.2) is 63.8 Å². The molecule has 1 saturated heterocycles. The van der Waals surface area contributed by atoms with Gasteiger partial charge in [0, 0.05) is 18.2 Å². The van der Waals surface area contributed by atoms with E-state index in [4.69, 9.17) is 8.83 Å². The van der Waals surface area contributed by atoms with E-state index in [-0.39, 0.29) is 0 Å². The fourth-order valence-electron chi connectivity index (χ4n) is 3.53. The fraction of sp³-hybridized carbons (Fsp3) is 0.350. The molecule has 3 aromatic rings. The van der Waals surface area contributed by atoms with Gasteiger partial charge in [0.25, 0.3) is 0 Å². The van der Waals surface area contributed by atoms with Gasteiger partial charge in [0.2, 0.25) is 5.89 Å². The molecule has 0 bridgehead atoms. The Morgan fingerprint density at radius 2 is 2.04 bits per heavy atom. The van der Waals surface area contributed by atoms with E-state index in [0.29, 0.717) is 24.1 Å². The van der Waals surface area contributed by atoms with Crippen LogP contribution in [0.5, 0.6) is 0 Å². The topological polar surface area (TPSA) is 62.6 Å². The van der Waals surface area contributed by atoms with Gasteiger partial charge >= 0.3 is 0 Å². The maximum Gasteiger partial charge on any atom is 0.226 e. The molecule has 0 saturated carbocycles. The van der Waals surface area contributed by atoms with Crippen LogP contribution in [-0.2, 0) is 6.54 Å². The number of hydrogen-bond donors (Lipinski definition) is 1. The first-order valence-corrected chi connectivity index (χ1v) is 8.75. The van der Waals surface area contributed by atoms with Crippen LogP contribution in [0.4, 0.5) is 0 Å². The van der Waals surface area contributed by atoms with Gasteiger partial charge in [-0.25, -0.2) is 4.98 Å². The Morgan fingerprint density at radius 1 is 1.16 bits per heavy atom. The Hall–Kier alpha value is -2.37. The minimum absolute atomic E-state index is 0.331. The molecular weight excluding hydrogens is 316 g/mol. The number of benzene rings is 1. The Balaban J connectivity index is 1.41. The van der Waals surface area contributed by atoms with Gasteiger partial charge in [0.05, 0.1) is 12.0 Å². The lowest BCUT2D eigenvalue weighted by Crippen LogP contribution is -2.30. The number of rotatable bonds is 6. The standard InChI is InChI=1S/C20H22N2O3/c23-18(19-9-5-11-24-19)12-17-8-4-10-22(17)13-16-14-25-20(21-16)15-6-2-1-3-7-15/h1-3,5-7,9,11,14,17-18,23H,4,8,10,12-13H2. The Bertz CT molecular complexity index is 782. The van der Waals surface area contributed by atoms with Crippen LogP contribution < -0.4 is 0 Å². The van der Waals surface area contributed by atoms with E-state index in [1.807, 2.05) is 42.5 Å². The molecule has 2 atom stereocenters. The molecule has 3 heterocycles. The summed E-state index contributed by atoms with van der Waals surface area (Å²) in [4.78, 5) is 6.99. The summed E-state index contributed by atoms with van der Waals surface area (Å²) in [5, 5.41) is 10.4. The number of aromatic nitrogens is 1. The van der Waals surface area contributed by atoms with Crippen molar-refractivity contribution >= 4 is 0 Å². The van der Waals surface area contributed by atoms with E-state index in [1.165, 1.54) is 0 Å². The lowest BCUT2D eigenvalue weighted by atomic mass is 10.1. The minimum Gasteiger partial charge on any atom is -0.467 e. The summed E-state index contributed by atoms with van der Waals surface area (Å²) in [6.07, 6.45) is 5.68. The highest BCUT2D eigenvalue weighted by molar-refractivity contribution is 5.52. The number of likely N-dealkylation sites (tertiary alicyclic amines) is 1. The van der Waals surface area contributed by atoms with E-state index in [0.717, 1.165) is 37.2 Å². The Kier molecular flexibility index (Phi) is 4.68. The van der Waals surface area contributed by atoms with Crippen LogP contribution >= 0.6 is 0 Å². The fourth-order valence-corrected chi connectivity index (χ4v) is 3.53. The summed E-state index contributed by atoms with van der Waals surface area (Å²) >= 11 is 0. The molecule has 5 heteroatoms. The second kappa shape index (κ2) is 7.25. The summed E-state index contributed by atoms with van der Waals surface area (Å²) in [5.41, 5.74) is 1.92. The summed E-state index contributed by atoms with van der Waals surface area (Å²) in [6, 6.07) is 13.9. The highest BCUT2D eigenvalue weighted by atomic mass is 16.4. The molecule has 2 aromatic heterocycles. The third kappa shape index (κ3) is 3.67. The zero-order valence-electron chi connectivity index (χ0n) is 14.0. The number of oxazole rings is 1. The summed E-state index contributed by atoms with van der Waals surface area (Å²) < 4.78 is 10.9. The van der Waals surface area contributed by atoms with Crippen LogP contribution in [-0.4, -0.2) is 27.6 Å². The van der Waals surface area contributed by atoms with Gasteiger partial charge in [0.15, 0.2) is 0 Å². The molecule has 0 amide bonds. The van der Waals surface area contributed by atoms with E-state index in [1.54, 1.807) is 12.5 Å². The van der Waals surface area contributed by atoms with Crippen molar-refractivity contribution in [2.24, 2.45) is 0 Å². The van der Waals surface area contributed by atoms with Gasteiger partial charge in [-0.3, -0.25) is 4.90 Å². The van der Waals surface area contributed by atoms with E-state index >= 15 is 0 Å². The molecule has 130 valence electrons. The summed E-state index contributed by atoms with van der Waals surface area (Å²) in [7, 11) is 0. The smallest absolute Gasteiger partial charge is 0.226 e. The molecule has 2 unspecified atom stereocenters. The molecule has 5 nitrogen and oxygen atoms in total. The van der Waals surface area contributed by atoms with Crippen LogP contribution in [0.1, 0.15) is 36.8 Å². The largest absolute Gasteiger partial charge is 0.467 e. The van der Waals surface area contributed by atoms with Crippen molar-refractivity contribution in [1.29, 1.82) is 0 Å². The van der Waals surface area contributed by atoms with Crippen LogP contribution in [0.2, 0.25) is 0 Å². The van der Waals surface area contributed by atoms with Crippen LogP contribution in [0.25, 0.3) is 11.5 Å². The third-order valence-electron chi connectivity index (χ3n) is 4.80. The second-order valence-electron chi connectivity index (χ2n) is 6.54. The predicted molar refractivity (Wildman–Crippen MR) is 93.7 cm³/mol. The normalized spacial score (nSPS) is 19.3. The lowest BCUT2D eigenvalue weighted by Gasteiger charge is -2.24.